The third kappa shape index (κ3) is 5.18. The maximum absolute atomic E-state index is 13.0. The van der Waals surface area contributed by atoms with Crippen LogP contribution in [0.3, 0.4) is 0 Å². The van der Waals surface area contributed by atoms with Crippen LogP contribution in [0.4, 0.5) is 5.82 Å². The molecule has 0 aliphatic heterocycles. The molecule has 0 fully saturated rings. The smallest absolute Gasteiger partial charge is 0.293 e. The van der Waals surface area contributed by atoms with Crippen LogP contribution in [-0.2, 0) is 5.75 Å². The fourth-order valence-electron chi connectivity index (χ4n) is 2.90. The number of halogens is 1. The van der Waals surface area contributed by atoms with Gasteiger partial charge in [-0.15, -0.1) is 16.9 Å². The Balaban J connectivity index is 1.59. The SMILES string of the molecule is COc1cccc(/C(C)=N\NC(=O)c2nnn(-c3nonc3N)c2CSc2ccc(Cl)cc2)c1. The lowest BCUT2D eigenvalue weighted by atomic mass is 10.1. The number of hydrogen-bond donors (Lipinski definition) is 2. The van der Waals surface area contributed by atoms with Crippen molar-refractivity contribution < 1.29 is 14.2 Å². The molecule has 0 saturated heterocycles. The van der Waals surface area contributed by atoms with Gasteiger partial charge in [0.2, 0.25) is 11.6 Å². The van der Waals surface area contributed by atoms with Gasteiger partial charge in [-0.3, -0.25) is 4.79 Å². The van der Waals surface area contributed by atoms with Crippen molar-refractivity contribution in [2.45, 2.75) is 17.6 Å². The Morgan fingerprint density at radius 1 is 1.26 bits per heavy atom. The fraction of sp³-hybridized carbons (Fsp3) is 0.143. The number of carbonyl (C=O) groups is 1. The summed E-state index contributed by atoms with van der Waals surface area (Å²) in [5, 5.41) is 20.2. The highest BCUT2D eigenvalue weighted by molar-refractivity contribution is 7.98. The number of methoxy groups -OCH3 is 1. The van der Waals surface area contributed by atoms with Crippen molar-refractivity contribution in [3.05, 3.63) is 70.5 Å². The Hall–Kier alpha value is -3.90. The lowest BCUT2D eigenvalue weighted by molar-refractivity contribution is 0.0949. The van der Waals surface area contributed by atoms with Gasteiger partial charge in [0.25, 0.3) is 5.91 Å². The van der Waals surface area contributed by atoms with Crippen LogP contribution in [-0.4, -0.2) is 44.0 Å². The molecule has 13 heteroatoms. The second kappa shape index (κ2) is 10.4. The molecule has 174 valence electrons. The number of carbonyl (C=O) groups excluding carboxylic acids is 1. The average Bonchev–Trinajstić information content (AvgIpc) is 3.47. The van der Waals surface area contributed by atoms with Crippen LogP contribution in [0.1, 0.15) is 28.7 Å². The Kier molecular flexibility index (Phi) is 7.09. The molecule has 34 heavy (non-hydrogen) atoms. The second-order valence-corrected chi connectivity index (χ2v) is 8.37. The first kappa shape index (κ1) is 23.3. The number of nitrogens with two attached hydrogens (primary N) is 1. The summed E-state index contributed by atoms with van der Waals surface area (Å²) in [5.41, 5.74) is 10.2. The molecule has 0 radical (unpaired) electrons. The molecule has 0 bridgehead atoms. The highest BCUT2D eigenvalue weighted by Crippen LogP contribution is 2.27. The molecular formula is C21H19ClN8O3S. The van der Waals surface area contributed by atoms with E-state index in [0.717, 1.165) is 10.5 Å². The van der Waals surface area contributed by atoms with Gasteiger partial charge in [-0.25, -0.2) is 10.1 Å². The molecule has 0 aliphatic rings. The number of nitrogens with zero attached hydrogens (tertiary/aromatic N) is 6. The topological polar surface area (TPSA) is 146 Å². The minimum atomic E-state index is -0.546. The normalized spacial score (nSPS) is 11.4. The number of hydrazone groups is 1. The summed E-state index contributed by atoms with van der Waals surface area (Å²) >= 11 is 7.42. The molecule has 2 aromatic carbocycles. The maximum atomic E-state index is 13.0. The van der Waals surface area contributed by atoms with Crippen molar-refractivity contribution in [1.29, 1.82) is 0 Å². The van der Waals surface area contributed by atoms with Crippen LogP contribution >= 0.6 is 23.4 Å². The molecule has 4 aromatic rings. The van der Waals surface area contributed by atoms with E-state index < -0.39 is 5.91 Å². The monoisotopic (exact) mass is 498 g/mol. The standard InChI is InChI=1S/C21H19ClN8O3S/c1-12(13-4-3-5-15(10-13)32-2)24-26-21(31)18-17(11-34-16-8-6-14(22)7-9-16)30(29-25-18)20-19(23)27-33-28-20/h3-10H,11H2,1-2H3,(H2,23,27)(H,26,31)/b24-12-. The minimum Gasteiger partial charge on any atom is -0.497 e. The molecule has 4 rings (SSSR count). The van der Waals surface area contributed by atoms with E-state index in [2.05, 4.69) is 35.8 Å². The number of hydrogen-bond acceptors (Lipinski definition) is 10. The number of nitrogen functional groups attached to an aromatic ring is 1. The van der Waals surface area contributed by atoms with Gasteiger partial charge in [0.15, 0.2) is 5.69 Å². The quantitative estimate of drug-likeness (QED) is 0.212. The Morgan fingerprint density at radius 2 is 2.06 bits per heavy atom. The predicted octanol–water partition coefficient (Wildman–Crippen LogP) is 3.34. The number of anilines is 1. The molecule has 2 heterocycles. The number of aromatic nitrogens is 5. The molecule has 0 aliphatic carbocycles. The van der Waals surface area contributed by atoms with Gasteiger partial charge in [-0.2, -0.15) is 9.78 Å². The maximum Gasteiger partial charge on any atom is 0.293 e. The molecule has 0 spiro atoms. The molecular weight excluding hydrogens is 480 g/mol. The largest absolute Gasteiger partial charge is 0.497 e. The third-order valence-electron chi connectivity index (χ3n) is 4.68. The van der Waals surface area contributed by atoms with Gasteiger partial charge in [0, 0.05) is 21.2 Å². The van der Waals surface area contributed by atoms with Crippen molar-refractivity contribution in [1.82, 2.24) is 30.7 Å². The lowest BCUT2D eigenvalue weighted by Crippen LogP contribution is -2.21. The molecule has 11 nitrogen and oxygen atoms in total. The van der Waals surface area contributed by atoms with Crippen molar-refractivity contribution >= 4 is 40.8 Å². The van der Waals surface area contributed by atoms with Crippen LogP contribution in [0, 0.1) is 0 Å². The summed E-state index contributed by atoms with van der Waals surface area (Å²) in [5.74, 6) is 0.607. The zero-order valence-electron chi connectivity index (χ0n) is 18.1. The van der Waals surface area contributed by atoms with Gasteiger partial charge in [-0.1, -0.05) is 28.9 Å². The van der Waals surface area contributed by atoms with E-state index >= 15 is 0 Å². The third-order valence-corrected chi connectivity index (χ3v) is 5.95. The minimum absolute atomic E-state index is 0.0153. The molecule has 1 amide bonds. The van der Waals surface area contributed by atoms with Gasteiger partial charge in [0.1, 0.15) is 5.75 Å². The van der Waals surface area contributed by atoms with Crippen molar-refractivity contribution in [2.75, 3.05) is 12.8 Å². The van der Waals surface area contributed by atoms with E-state index in [1.165, 1.54) is 16.4 Å². The van der Waals surface area contributed by atoms with Crippen molar-refractivity contribution in [2.24, 2.45) is 5.10 Å². The van der Waals surface area contributed by atoms with E-state index in [4.69, 9.17) is 22.1 Å². The number of thioether (sulfide) groups is 1. The van der Waals surface area contributed by atoms with Crippen LogP contribution in [0.15, 0.2) is 63.2 Å². The Labute approximate surface area is 203 Å². The lowest BCUT2D eigenvalue weighted by Gasteiger charge is -2.07. The first-order chi connectivity index (χ1) is 16.5. The summed E-state index contributed by atoms with van der Waals surface area (Å²) < 4.78 is 11.2. The van der Waals surface area contributed by atoms with Crippen LogP contribution in [0.2, 0.25) is 5.02 Å². The Bertz CT molecular complexity index is 1340. The summed E-state index contributed by atoms with van der Waals surface area (Å²) in [6.45, 7) is 1.77. The van der Waals surface area contributed by atoms with Crippen LogP contribution < -0.4 is 15.9 Å². The zero-order valence-corrected chi connectivity index (χ0v) is 19.7. The number of ether oxygens (including phenoxy) is 1. The van der Waals surface area contributed by atoms with Gasteiger partial charge >= 0.3 is 0 Å². The number of amides is 1. The van der Waals surface area contributed by atoms with Gasteiger partial charge < -0.3 is 10.5 Å². The summed E-state index contributed by atoms with van der Waals surface area (Å²) in [7, 11) is 1.58. The predicted molar refractivity (Wildman–Crippen MR) is 127 cm³/mol. The number of benzene rings is 2. The first-order valence-electron chi connectivity index (χ1n) is 9.86. The molecule has 3 N–H and O–H groups in total. The molecule has 2 aromatic heterocycles. The fourth-order valence-corrected chi connectivity index (χ4v) is 3.92. The summed E-state index contributed by atoms with van der Waals surface area (Å²) in [6.07, 6.45) is 0. The highest BCUT2D eigenvalue weighted by atomic mass is 35.5. The van der Waals surface area contributed by atoms with Gasteiger partial charge in [0.05, 0.1) is 18.5 Å². The second-order valence-electron chi connectivity index (χ2n) is 6.88. The van der Waals surface area contributed by atoms with E-state index in [9.17, 15) is 4.79 Å². The first-order valence-corrected chi connectivity index (χ1v) is 11.2. The molecule has 0 saturated carbocycles. The van der Waals surface area contributed by atoms with E-state index in [1.807, 2.05) is 36.4 Å². The number of nitrogens with one attached hydrogen (secondary N) is 1. The van der Waals surface area contributed by atoms with Crippen LogP contribution in [0.25, 0.3) is 5.82 Å². The number of rotatable bonds is 8. The Morgan fingerprint density at radius 3 is 2.76 bits per heavy atom. The van der Waals surface area contributed by atoms with E-state index in [1.54, 1.807) is 26.2 Å². The van der Waals surface area contributed by atoms with Crippen LogP contribution in [0.5, 0.6) is 5.75 Å². The highest BCUT2D eigenvalue weighted by Gasteiger charge is 2.24. The van der Waals surface area contributed by atoms with Crippen molar-refractivity contribution in [3.63, 3.8) is 0 Å². The average molecular weight is 499 g/mol. The molecule has 0 unspecified atom stereocenters. The summed E-state index contributed by atoms with van der Waals surface area (Å²) in [6, 6.07) is 14.6. The van der Waals surface area contributed by atoms with Crippen molar-refractivity contribution in [3.8, 4) is 11.6 Å². The molecule has 0 atom stereocenters. The van der Waals surface area contributed by atoms with E-state index in [0.29, 0.717) is 27.9 Å². The van der Waals surface area contributed by atoms with Gasteiger partial charge in [-0.05, 0) is 53.6 Å². The zero-order chi connectivity index (χ0) is 24.1. The van der Waals surface area contributed by atoms with E-state index in [-0.39, 0.29) is 17.3 Å². The summed E-state index contributed by atoms with van der Waals surface area (Å²) in [4.78, 5) is 13.9.